The van der Waals surface area contributed by atoms with E-state index in [0.717, 1.165) is 18.2 Å². The van der Waals surface area contributed by atoms with Gasteiger partial charge in [0.25, 0.3) is 10.0 Å². The molecular weight excluding hydrogens is 347 g/mol. The van der Waals surface area contributed by atoms with E-state index in [9.17, 15) is 26.4 Å². The highest BCUT2D eigenvalue weighted by molar-refractivity contribution is 7.92. The van der Waals surface area contributed by atoms with Crippen molar-refractivity contribution in [3.05, 3.63) is 70.3 Å². The van der Waals surface area contributed by atoms with E-state index in [1.807, 2.05) is 4.72 Å². The summed E-state index contributed by atoms with van der Waals surface area (Å²) in [5, 5.41) is 0.322. The van der Waals surface area contributed by atoms with Crippen molar-refractivity contribution < 1.29 is 26.0 Å². The van der Waals surface area contributed by atoms with Gasteiger partial charge in [-0.1, -0.05) is 0 Å². The molecule has 1 aromatic heterocycles. The average Bonchev–Trinajstić information content (AvgIpc) is 2.55. The molecule has 1 heterocycles. The summed E-state index contributed by atoms with van der Waals surface area (Å²) in [6.45, 7) is 0. The molecule has 0 amide bonds. The minimum absolute atomic E-state index is 0.167. The van der Waals surface area contributed by atoms with Crippen molar-refractivity contribution in [3.63, 3.8) is 0 Å². The van der Waals surface area contributed by atoms with Crippen LogP contribution < -0.4 is 10.3 Å². The molecule has 0 bridgehead atoms. The quantitative estimate of drug-likeness (QED) is 0.579. The van der Waals surface area contributed by atoms with Crippen LogP contribution in [0.25, 0.3) is 11.0 Å². The fourth-order valence-electron chi connectivity index (χ4n) is 2.03. The first-order valence-electron chi connectivity index (χ1n) is 6.48. The van der Waals surface area contributed by atoms with Crippen LogP contribution in [0.5, 0.6) is 0 Å². The Morgan fingerprint density at radius 3 is 2.42 bits per heavy atom. The molecule has 0 aliphatic carbocycles. The summed E-state index contributed by atoms with van der Waals surface area (Å²) in [6.07, 6.45) is 0. The van der Waals surface area contributed by atoms with E-state index in [4.69, 9.17) is 4.42 Å². The molecule has 0 aliphatic heterocycles. The number of nitrogens with one attached hydrogen (secondary N) is 1. The van der Waals surface area contributed by atoms with Gasteiger partial charge in [-0.15, -0.1) is 0 Å². The van der Waals surface area contributed by atoms with Gasteiger partial charge in [0, 0.05) is 11.5 Å². The lowest BCUT2D eigenvalue weighted by Gasteiger charge is -2.10. The largest absolute Gasteiger partial charge is 0.423 e. The summed E-state index contributed by atoms with van der Waals surface area (Å²) in [5.74, 6) is -4.86. The molecule has 2 aromatic carbocycles. The zero-order chi connectivity index (χ0) is 17.5. The molecule has 0 spiro atoms. The standard InChI is InChI=1S/C15H8F3NO4S/c16-10-3-4-11(15(18)14(10)17)19-24(21,22)9-2-5-12-8(7-9)1-6-13(20)23-12/h1-7,19H. The molecular formula is C15H8F3NO4S. The van der Waals surface area contributed by atoms with E-state index < -0.39 is 38.8 Å². The van der Waals surface area contributed by atoms with Gasteiger partial charge in [-0.3, -0.25) is 4.72 Å². The Balaban J connectivity index is 2.03. The Hall–Kier alpha value is -2.81. The van der Waals surface area contributed by atoms with E-state index in [1.165, 1.54) is 18.2 Å². The molecule has 24 heavy (non-hydrogen) atoms. The molecule has 0 atom stereocenters. The number of halogens is 3. The van der Waals surface area contributed by atoms with Gasteiger partial charge in [-0.05, 0) is 36.4 Å². The van der Waals surface area contributed by atoms with Crippen LogP contribution in [0, 0.1) is 17.5 Å². The zero-order valence-corrected chi connectivity index (χ0v) is 12.5. The molecule has 0 saturated heterocycles. The van der Waals surface area contributed by atoms with Crippen molar-refractivity contribution in [1.29, 1.82) is 0 Å². The number of fused-ring (bicyclic) bond motifs is 1. The van der Waals surface area contributed by atoms with Gasteiger partial charge in [-0.25, -0.2) is 26.4 Å². The van der Waals surface area contributed by atoms with Gasteiger partial charge in [0.1, 0.15) is 5.58 Å². The third kappa shape index (κ3) is 2.85. The SMILES string of the molecule is O=c1ccc2cc(S(=O)(=O)Nc3ccc(F)c(F)c3F)ccc2o1. The van der Waals surface area contributed by atoms with Gasteiger partial charge >= 0.3 is 5.63 Å². The van der Waals surface area contributed by atoms with Crippen LogP contribution in [-0.4, -0.2) is 8.42 Å². The van der Waals surface area contributed by atoms with E-state index in [1.54, 1.807) is 0 Å². The number of hydrogen-bond acceptors (Lipinski definition) is 4. The lowest BCUT2D eigenvalue weighted by atomic mass is 10.2. The summed E-state index contributed by atoms with van der Waals surface area (Å²) in [7, 11) is -4.27. The lowest BCUT2D eigenvalue weighted by molar-refractivity contribution is 0.449. The molecule has 0 radical (unpaired) electrons. The topological polar surface area (TPSA) is 76.4 Å². The first-order chi connectivity index (χ1) is 11.3. The van der Waals surface area contributed by atoms with Crippen molar-refractivity contribution >= 4 is 26.7 Å². The third-order valence-electron chi connectivity index (χ3n) is 3.18. The molecule has 0 aliphatic rings. The maximum absolute atomic E-state index is 13.6. The molecule has 0 unspecified atom stereocenters. The van der Waals surface area contributed by atoms with Crippen LogP contribution >= 0.6 is 0 Å². The van der Waals surface area contributed by atoms with Crippen molar-refractivity contribution in [2.24, 2.45) is 0 Å². The summed E-state index contributed by atoms with van der Waals surface area (Å²) < 4.78 is 71.0. The van der Waals surface area contributed by atoms with Crippen LogP contribution in [0.1, 0.15) is 0 Å². The molecule has 124 valence electrons. The average molecular weight is 355 g/mol. The molecule has 0 saturated carbocycles. The summed E-state index contributed by atoms with van der Waals surface area (Å²) >= 11 is 0. The van der Waals surface area contributed by atoms with Gasteiger partial charge in [-0.2, -0.15) is 0 Å². The number of anilines is 1. The number of sulfonamides is 1. The van der Waals surface area contributed by atoms with Gasteiger partial charge in [0.2, 0.25) is 0 Å². The molecule has 3 rings (SSSR count). The predicted molar refractivity (Wildman–Crippen MR) is 79.6 cm³/mol. The first-order valence-corrected chi connectivity index (χ1v) is 7.96. The minimum atomic E-state index is -4.27. The van der Waals surface area contributed by atoms with E-state index >= 15 is 0 Å². The van der Waals surface area contributed by atoms with Gasteiger partial charge < -0.3 is 4.42 Å². The predicted octanol–water partition coefficient (Wildman–Crippen LogP) is 3.01. The minimum Gasteiger partial charge on any atom is -0.423 e. The molecule has 0 fully saturated rings. The van der Waals surface area contributed by atoms with Crippen LogP contribution in [0.4, 0.5) is 18.9 Å². The Labute approximate surface area is 133 Å². The van der Waals surface area contributed by atoms with Crippen molar-refractivity contribution in [3.8, 4) is 0 Å². The molecule has 1 N–H and O–H groups in total. The van der Waals surface area contributed by atoms with E-state index in [2.05, 4.69) is 0 Å². The maximum Gasteiger partial charge on any atom is 0.336 e. The highest BCUT2D eigenvalue weighted by atomic mass is 32.2. The fraction of sp³-hybridized carbons (Fsp3) is 0. The van der Waals surface area contributed by atoms with Gasteiger partial charge in [0.15, 0.2) is 17.5 Å². The molecule has 5 nitrogen and oxygen atoms in total. The number of hydrogen-bond donors (Lipinski definition) is 1. The maximum atomic E-state index is 13.6. The second-order valence-corrected chi connectivity index (χ2v) is 6.46. The summed E-state index contributed by atoms with van der Waals surface area (Å²) in [5.41, 5.74) is -1.16. The van der Waals surface area contributed by atoms with Crippen LogP contribution in [0.2, 0.25) is 0 Å². The summed E-state index contributed by atoms with van der Waals surface area (Å²) in [6, 6.07) is 7.42. The second-order valence-electron chi connectivity index (χ2n) is 4.78. The van der Waals surface area contributed by atoms with Crippen molar-refractivity contribution in [1.82, 2.24) is 0 Å². The highest BCUT2D eigenvalue weighted by Crippen LogP contribution is 2.24. The molecule has 9 heteroatoms. The molecule has 3 aromatic rings. The first kappa shape index (κ1) is 16.1. The normalized spacial score (nSPS) is 11.6. The van der Waals surface area contributed by atoms with Gasteiger partial charge in [0.05, 0.1) is 10.6 Å². The van der Waals surface area contributed by atoms with Crippen LogP contribution in [0.15, 0.2) is 56.6 Å². The zero-order valence-electron chi connectivity index (χ0n) is 11.7. The Morgan fingerprint density at radius 2 is 1.67 bits per heavy atom. The highest BCUT2D eigenvalue weighted by Gasteiger charge is 2.20. The monoisotopic (exact) mass is 355 g/mol. The number of rotatable bonds is 3. The van der Waals surface area contributed by atoms with Crippen LogP contribution in [0.3, 0.4) is 0 Å². The fourth-order valence-corrected chi connectivity index (χ4v) is 3.12. The van der Waals surface area contributed by atoms with Crippen molar-refractivity contribution in [2.75, 3.05) is 4.72 Å². The van der Waals surface area contributed by atoms with E-state index in [-0.39, 0.29) is 10.5 Å². The Bertz CT molecular complexity index is 1110. The third-order valence-corrected chi connectivity index (χ3v) is 4.54. The van der Waals surface area contributed by atoms with E-state index in [0.29, 0.717) is 11.5 Å². The van der Waals surface area contributed by atoms with Crippen LogP contribution in [-0.2, 0) is 10.0 Å². The lowest BCUT2D eigenvalue weighted by Crippen LogP contribution is -2.14. The second kappa shape index (κ2) is 5.68. The number of benzene rings is 2. The Morgan fingerprint density at radius 1 is 0.917 bits per heavy atom. The Kier molecular flexibility index (Phi) is 3.80. The smallest absolute Gasteiger partial charge is 0.336 e. The van der Waals surface area contributed by atoms with Crippen molar-refractivity contribution in [2.45, 2.75) is 4.90 Å². The summed E-state index contributed by atoms with van der Waals surface area (Å²) in [4.78, 5) is 10.8.